The lowest BCUT2D eigenvalue weighted by Crippen LogP contribution is -2.10. The molecule has 0 amide bonds. The molecule has 1 aliphatic carbocycles. The number of carbonyl (C=O) groups is 1. The van der Waals surface area contributed by atoms with Gasteiger partial charge in [-0.1, -0.05) is 56.4 Å². The Kier molecular flexibility index (Phi) is 5.21. The van der Waals surface area contributed by atoms with Crippen molar-refractivity contribution in [2.75, 3.05) is 0 Å². The van der Waals surface area contributed by atoms with Gasteiger partial charge in [-0.2, -0.15) is 0 Å². The molecule has 3 rings (SSSR count). The maximum atomic E-state index is 11.3. The number of nitrogens with zero attached hydrogens (tertiary/aromatic N) is 3. The molecule has 0 bridgehead atoms. The van der Waals surface area contributed by atoms with Crippen LogP contribution < -0.4 is 0 Å². The average molecular weight is 311 g/mol. The molecular formula is C19H25N3O. The quantitative estimate of drug-likeness (QED) is 0.753. The SMILES string of the molecule is CCc1ccc(-n2nnc(C=O)c2CCC2CCCCC2)cc1. The highest BCUT2D eigenvalue weighted by molar-refractivity contribution is 5.73. The number of aryl methyl sites for hydroxylation is 1. The van der Waals surface area contributed by atoms with E-state index < -0.39 is 0 Å². The summed E-state index contributed by atoms with van der Waals surface area (Å²) in [4.78, 5) is 11.3. The lowest BCUT2D eigenvalue weighted by atomic mass is 9.85. The molecule has 23 heavy (non-hydrogen) atoms. The van der Waals surface area contributed by atoms with E-state index >= 15 is 0 Å². The molecule has 0 saturated heterocycles. The van der Waals surface area contributed by atoms with Crippen LogP contribution in [0.15, 0.2) is 24.3 Å². The van der Waals surface area contributed by atoms with Crippen molar-refractivity contribution in [3.63, 3.8) is 0 Å². The van der Waals surface area contributed by atoms with Crippen LogP contribution >= 0.6 is 0 Å². The Morgan fingerprint density at radius 2 is 1.91 bits per heavy atom. The lowest BCUT2D eigenvalue weighted by molar-refractivity contribution is 0.111. The summed E-state index contributed by atoms with van der Waals surface area (Å²) in [7, 11) is 0. The monoisotopic (exact) mass is 311 g/mol. The number of rotatable bonds is 6. The molecule has 1 fully saturated rings. The molecule has 4 nitrogen and oxygen atoms in total. The topological polar surface area (TPSA) is 47.8 Å². The third kappa shape index (κ3) is 3.69. The molecule has 0 atom stereocenters. The van der Waals surface area contributed by atoms with Crippen molar-refractivity contribution >= 4 is 6.29 Å². The van der Waals surface area contributed by atoms with Crippen molar-refractivity contribution in [3.8, 4) is 5.69 Å². The summed E-state index contributed by atoms with van der Waals surface area (Å²) in [6.45, 7) is 2.14. The standard InChI is InChI=1S/C19H25N3O/c1-2-15-8-11-17(12-9-15)22-19(18(14-23)20-21-22)13-10-16-6-4-3-5-7-16/h8-9,11-12,14,16H,2-7,10,13H2,1H3. The van der Waals surface area contributed by atoms with Crippen LogP contribution in [0.25, 0.3) is 5.69 Å². The average Bonchev–Trinajstić information content (AvgIpc) is 3.04. The highest BCUT2D eigenvalue weighted by Crippen LogP contribution is 2.28. The van der Waals surface area contributed by atoms with E-state index in [1.807, 2.05) is 4.68 Å². The van der Waals surface area contributed by atoms with Crippen LogP contribution in [0.5, 0.6) is 0 Å². The molecular weight excluding hydrogens is 286 g/mol. The van der Waals surface area contributed by atoms with Gasteiger partial charge in [0.15, 0.2) is 6.29 Å². The van der Waals surface area contributed by atoms with Crippen molar-refractivity contribution in [2.24, 2.45) is 5.92 Å². The molecule has 1 saturated carbocycles. The Morgan fingerprint density at radius 1 is 1.17 bits per heavy atom. The number of aldehydes is 1. The third-order valence-corrected chi connectivity index (χ3v) is 5.01. The van der Waals surface area contributed by atoms with E-state index in [-0.39, 0.29) is 0 Å². The predicted octanol–water partition coefficient (Wildman–Crippen LogP) is 4.16. The van der Waals surface area contributed by atoms with Gasteiger partial charge in [0.2, 0.25) is 0 Å². The first kappa shape index (κ1) is 15.9. The van der Waals surface area contributed by atoms with Crippen molar-refractivity contribution in [1.82, 2.24) is 15.0 Å². The molecule has 4 heteroatoms. The van der Waals surface area contributed by atoms with Crippen LogP contribution in [-0.4, -0.2) is 21.3 Å². The molecule has 1 heterocycles. The molecule has 0 unspecified atom stereocenters. The van der Waals surface area contributed by atoms with E-state index in [4.69, 9.17) is 0 Å². The van der Waals surface area contributed by atoms with Crippen molar-refractivity contribution in [2.45, 2.75) is 58.3 Å². The van der Waals surface area contributed by atoms with E-state index in [1.54, 1.807) is 0 Å². The van der Waals surface area contributed by atoms with E-state index in [0.717, 1.165) is 42.8 Å². The predicted molar refractivity (Wildman–Crippen MR) is 91.0 cm³/mol. The van der Waals surface area contributed by atoms with Crippen molar-refractivity contribution in [1.29, 1.82) is 0 Å². The minimum atomic E-state index is 0.486. The molecule has 1 aliphatic rings. The van der Waals surface area contributed by atoms with E-state index in [0.29, 0.717) is 5.69 Å². The zero-order valence-corrected chi connectivity index (χ0v) is 13.9. The van der Waals surface area contributed by atoms with Crippen LogP contribution in [0.4, 0.5) is 0 Å². The van der Waals surface area contributed by atoms with Crippen LogP contribution in [0.3, 0.4) is 0 Å². The van der Waals surface area contributed by atoms with Gasteiger partial charge in [-0.25, -0.2) is 4.68 Å². The van der Waals surface area contributed by atoms with Gasteiger partial charge in [0.25, 0.3) is 0 Å². The summed E-state index contributed by atoms with van der Waals surface area (Å²) in [6.07, 6.45) is 10.6. The molecule has 1 aromatic carbocycles. The first-order chi connectivity index (χ1) is 11.3. The van der Waals surface area contributed by atoms with Gasteiger partial charge in [0.05, 0.1) is 11.4 Å². The molecule has 0 N–H and O–H groups in total. The summed E-state index contributed by atoms with van der Waals surface area (Å²) in [5, 5.41) is 8.27. The van der Waals surface area contributed by atoms with Crippen LogP contribution in [0, 0.1) is 5.92 Å². The first-order valence-electron chi connectivity index (χ1n) is 8.81. The molecule has 0 radical (unpaired) electrons. The fraction of sp³-hybridized carbons (Fsp3) is 0.526. The third-order valence-electron chi connectivity index (χ3n) is 5.01. The van der Waals surface area contributed by atoms with Gasteiger partial charge in [0.1, 0.15) is 5.69 Å². The molecule has 122 valence electrons. The number of aromatic nitrogens is 3. The second kappa shape index (κ2) is 7.53. The van der Waals surface area contributed by atoms with Crippen molar-refractivity contribution < 1.29 is 4.79 Å². The first-order valence-corrected chi connectivity index (χ1v) is 8.81. The molecule has 2 aromatic rings. The Hall–Kier alpha value is -1.97. The number of hydrogen-bond acceptors (Lipinski definition) is 3. The number of benzene rings is 1. The Labute approximate surface area is 137 Å². The van der Waals surface area contributed by atoms with E-state index in [9.17, 15) is 4.79 Å². The molecule has 1 aromatic heterocycles. The summed E-state index contributed by atoms with van der Waals surface area (Å²) in [5.74, 6) is 0.786. The van der Waals surface area contributed by atoms with Crippen LogP contribution in [-0.2, 0) is 12.8 Å². The highest BCUT2D eigenvalue weighted by atomic mass is 16.1. The zero-order chi connectivity index (χ0) is 16.1. The van der Waals surface area contributed by atoms with Gasteiger partial charge in [-0.05, 0) is 42.9 Å². The summed E-state index contributed by atoms with van der Waals surface area (Å²) in [6, 6.07) is 8.35. The lowest BCUT2D eigenvalue weighted by Gasteiger charge is -2.21. The minimum Gasteiger partial charge on any atom is -0.296 e. The Balaban J connectivity index is 1.79. The van der Waals surface area contributed by atoms with E-state index in [2.05, 4.69) is 41.5 Å². The Bertz CT molecular complexity index is 639. The van der Waals surface area contributed by atoms with Crippen LogP contribution in [0.1, 0.15) is 67.2 Å². The second-order valence-corrected chi connectivity index (χ2v) is 6.51. The normalized spacial score (nSPS) is 15.7. The van der Waals surface area contributed by atoms with Gasteiger partial charge < -0.3 is 0 Å². The largest absolute Gasteiger partial charge is 0.296 e. The summed E-state index contributed by atoms with van der Waals surface area (Å²) >= 11 is 0. The summed E-state index contributed by atoms with van der Waals surface area (Å²) < 4.78 is 1.84. The second-order valence-electron chi connectivity index (χ2n) is 6.51. The van der Waals surface area contributed by atoms with Gasteiger partial charge >= 0.3 is 0 Å². The van der Waals surface area contributed by atoms with Gasteiger partial charge in [-0.3, -0.25) is 4.79 Å². The van der Waals surface area contributed by atoms with Crippen LogP contribution in [0.2, 0.25) is 0 Å². The maximum Gasteiger partial charge on any atom is 0.172 e. The number of hydrogen-bond donors (Lipinski definition) is 0. The van der Waals surface area contributed by atoms with Crippen molar-refractivity contribution in [3.05, 3.63) is 41.2 Å². The smallest absolute Gasteiger partial charge is 0.172 e. The fourth-order valence-electron chi connectivity index (χ4n) is 3.54. The molecule has 0 spiro atoms. The Morgan fingerprint density at radius 3 is 2.57 bits per heavy atom. The van der Waals surface area contributed by atoms with Gasteiger partial charge in [0, 0.05) is 0 Å². The van der Waals surface area contributed by atoms with E-state index in [1.165, 1.54) is 37.7 Å². The highest BCUT2D eigenvalue weighted by Gasteiger charge is 2.18. The fourth-order valence-corrected chi connectivity index (χ4v) is 3.54. The molecule has 0 aliphatic heterocycles. The zero-order valence-electron chi connectivity index (χ0n) is 13.9. The summed E-state index contributed by atoms with van der Waals surface area (Å²) in [5.41, 5.74) is 3.73. The van der Waals surface area contributed by atoms with Gasteiger partial charge in [-0.15, -0.1) is 5.10 Å². The number of carbonyl (C=O) groups excluding carboxylic acids is 1. The minimum absolute atomic E-state index is 0.486. The maximum absolute atomic E-state index is 11.3.